The molecule has 1 nitrogen and oxygen atoms in total. The molecule has 0 aliphatic carbocycles. The lowest BCUT2D eigenvalue weighted by molar-refractivity contribution is 1.38. The van der Waals surface area contributed by atoms with E-state index in [9.17, 15) is 0 Å². The molecule has 1 radical (unpaired) electrons. The minimum atomic E-state index is 0.740. The van der Waals surface area contributed by atoms with Crippen LogP contribution < -0.4 is 5.14 Å². The summed E-state index contributed by atoms with van der Waals surface area (Å²) >= 11 is 0.740. The van der Waals surface area contributed by atoms with Gasteiger partial charge in [0, 0.05) is 11.8 Å². The molecule has 2 N–H and O–H groups in total. The number of rotatable bonds is 2. The SMILES string of the molecule is N[SH]=[C]Cc1ccccc1. The quantitative estimate of drug-likeness (QED) is 0.484. The Kier molecular flexibility index (Phi) is 3.19. The minimum Gasteiger partial charge on any atom is -0.286 e. The predicted octanol–water partition coefficient (Wildman–Crippen LogP) is 1.25. The van der Waals surface area contributed by atoms with Gasteiger partial charge in [0.1, 0.15) is 0 Å². The molecule has 0 aliphatic rings. The topological polar surface area (TPSA) is 26.0 Å². The molecule has 0 bridgehead atoms. The predicted molar refractivity (Wildman–Crippen MR) is 48.3 cm³/mol. The summed E-state index contributed by atoms with van der Waals surface area (Å²) in [7, 11) is 0. The average molecular weight is 152 g/mol. The third kappa shape index (κ3) is 2.33. The van der Waals surface area contributed by atoms with Crippen molar-refractivity contribution in [3.63, 3.8) is 0 Å². The van der Waals surface area contributed by atoms with Crippen molar-refractivity contribution < 1.29 is 0 Å². The lowest BCUT2D eigenvalue weighted by Gasteiger charge is -1.91. The number of nitrogens with two attached hydrogens (primary N) is 1. The first-order valence-corrected chi connectivity index (χ1v) is 4.06. The summed E-state index contributed by atoms with van der Waals surface area (Å²) in [5.74, 6) is 0. The maximum atomic E-state index is 5.24. The van der Waals surface area contributed by atoms with Crippen molar-refractivity contribution in [3.8, 4) is 0 Å². The normalized spacial score (nSPS) is 11.3. The van der Waals surface area contributed by atoms with Gasteiger partial charge in [0.15, 0.2) is 0 Å². The Hall–Kier alpha value is -0.600. The van der Waals surface area contributed by atoms with Crippen molar-refractivity contribution >= 4 is 16.9 Å². The third-order valence-corrected chi connectivity index (χ3v) is 1.56. The highest BCUT2D eigenvalue weighted by molar-refractivity contribution is 7.95. The maximum Gasteiger partial charge on any atom is 0.00442 e. The van der Waals surface area contributed by atoms with Crippen LogP contribution in [0.3, 0.4) is 0 Å². The zero-order chi connectivity index (χ0) is 7.23. The molecule has 0 fully saturated rings. The second-order valence-electron chi connectivity index (χ2n) is 1.95. The van der Waals surface area contributed by atoms with Crippen LogP contribution in [0.2, 0.25) is 0 Å². The fourth-order valence-corrected chi connectivity index (χ4v) is 1.01. The first-order chi connectivity index (χ1) is 4.93. The van der Waals surface area contributed by atoms with E-state index in [0.717, 1.165) is 18.0 Å². The molecule has 0 aromatic heterocycles. The lowest BCUT2D eigenvalue weighted by atomic mass is 10.2. The van der Waals surface area contributed by atoms with Crippen molar-refractivity contribution in [1.82, 2.24) is 0 Å². The molecule has 0 unspecified atom stereocenters. The number of benzene rings is 1. The molecule has 1 aromatic carbocycles. The fraction of sp³-hybridized carbons (Fsp3) is 0.125. The molecule has 0 saturated heterocycles. The van der Waals surface area contributed by atoms with Gasteiger partial charge in [0.25, 0.3) is 0 Å². The highest BCUT2D eigenvalue weighted by Gasteiger charge is 1.83. The van der Waals surface area contributed by atoms with E-state index in [0.29, 0.717) is 0 Å². The van der Waals surface area contributed by atoms with Crippen molar-refractivity contribution in [2.45, 2.75) is 6.42 Å². The van der Waals surface area contributed by atoms with E-state index in [1.807, 2.05) is 18.2 Å². The van der Waals surface area contributed by atoms with Crippen LogP contribution in [0.15, 0.2) is 30.3 Å². The molecule has 0 spiro atoms. The van der Waals surface area contributed by atoms with Gasteiger partial charge >= 0.3 is 0 Å². The third-order valence-electron chi connectivity index (χ3n) is 1.22. The largest absolute Gasteiger partial charge is 0.286 e. The summed E-state index contributed by atoms with van der Waals surface area (Å²) < 4.78 is 0. The van der Waals surface area contributed by atoms with Gasteiger partial charge in [-0.3, -0.25) is 5.14 Å². The maximum absolute atomic E-state index is 5.24. The summed E-state index contributed by atoms with van der Waals surface area (Å²) in [6.07, 6.45) is 0.846. The lowest BCUT2D eigenvalue weighted by Crippen LogP contribution is -1.84. The summed E-state index contributed by atoms with van der Waals surface area (Å²) in [6.45, 7) is 0. The highest BCUT2D eigenvalue weighted by Crippen LogP contribution is 1.97. The Labute approximate surface area is 65.0 Å². The molecule has 0 atom stereocenters. The van der Waals surface area contributed by atoms with Gasteiger partial charge in [-0.2, -0.15) is 0 Å². The summed E-state index contributed by atoms with van der Waals surface area (Å²) in [4.78, 5) is 0. The fourth-order valence-electron chi connectivity index (χ4n) is 0.733. The molecular weight excluding hydrogens is 142 g/mol. The van der Waals surface area contributed by atoms with Gasteiger partial charge in [-0.15, -0.1) is 11.5 Å². The smallest absolute Gasteiger partial charge is 0.00442 e. The van der Waals surface area contributed by atoms with Crippen LogP contribution in [-0.2, 0) is 6.42 Å². The van der Waals surface area contributed by atoms with E-state index in [1.54, 1.807) is 0 Å². The van der Waals surface area contributed by atoms with Crippen molar-refractivity contribution in [3.05, 3.63) is 35.9 Å². The van der Waals surface area contributed by atoms with Crippen molar-refractivity contribution in [2.24, 2.45) is 5.14 Å². The highest BCUT2D eigenvalue weighted by atomic mass is 32.1. The van der Waals surface area contributed by atoms with Gasteiger partial charge in [0.05, 0.1) is 0 Å². The van der Waals surface area contributed by atoms with E-state index in [1.165, 1.54) is 5.56 Å². The Morgan fingerprint density at radius 2 is 2.00 bits per heavy atom. The van der Waals surface area contributed by atoms with E-state index >= 15 is 0 Å². The van der Waals surface area contributed by atoms with Crippen molar-refractivity contribution in [1.29, 1.82) is 0 Å². The molecule has 1 rings (SSSR count). The molecule has 1 aromatic rings. The van der Waals surface area contributed by atoms with Gasteiger partial charge < -0.3 is 0 Å². The number of hydrogen-bond donors (Lipinski definition) is 2. The van der Waals surface area contributed by atoms with E-state index in [2.05, 4.69) is 17.5 Å². The molecular formula is C8H10NS. The van der Waals surface area contributed by atoms with Crippen molar-refractivity contribution in [2.75, 3.05) is 0 Å². The summed E-state index contributed by atoms with van der Waals surface area (Å²) in [5, 5.41) is 8.25. The second kappa shape index (κ2) is 4.25. The van der Waals surface area contributed by atoms with Crippen LogP contribution in [0.4, 0.5) is 0 Å². The number of thiol groups is 1. The first kappa shape index (κ1) is 7.51. The van der Waals surface area contributed by atoms with Crippen LogP contribution in [0.1, 0.15) is 5.56 Å². The monoisotopic (exact) mass is 152 g/mol. The first-order valence-electron chi connectivity index (χ1n) is 3.10. The van der Waals surface area contributed by atoms with Gasteiger partial charge in [-0.1, -0.05) is 30.3 Å². The standard InChI is InChI=1S/C8H10NS/c9-10-7-6-8-4-2-1-3-5-8/h1-5,10H,6,9H2. The zero-order valence-corrected chi connectivity index (χ0v) is 6.51. The summed E-state index contributed by atoms with van der Waals surface area (Å²) in [5.41, 5.74) is 1.26. The molecule has 10 heavy (non-hydrogen) atoms. The van der Waals surface area contributed by atoms with Crippen LogP contribution in [-0.4, -0.2) is 5.37 Å². The average Bonchev–Trinajstić information content (AvgIpc) is 2.03. The Balaban J connectivity index is 2.59. The molecule has 53 valence electrons. The van der Waals surface area contributed by atoms with Crippen LogP contribution in [0.25, 0.3) is 0 Å². The molecule has 0 aliphatic heterocycles. The van der Waals surface area contributed by atoms with Crippen LogP contribution >= 0.6 is 11.5 Å². The summed E-state index contributed by atoms with van der Waals surface area (Å²) in [6, 6.07) is 10.2. The molecule has 2 heteroatoms. The van der Waals surface area contributed by atoms with Gasteiger partial charge in [0.2, 0.25) is 0 Å². The minimum absolute atomic E-state index is 0.740. The Morgan fingerprint density at radius 1 is 1.30 bits per heavy atom. The Bertz CT molecular complexity index is 206. The zero-order valence-electron chi connectivity index (χ0n) is 5.62. The number of hydrogen-bond acceptors (Lipinski definition) is 1. The van der Waals surface area contributed by atoms with Crippen LogP contribution in [0.5, 0.6) is 0 Å². The van der Waals surface area contributed by atoms with Gasteiger partial charge in [-0.25, -0.2) is 0 Å². The second-order valence-corrected chi connectivity index (χ2v) is 2.52. The molecule has 0 amide bonds. The Morgan fingerprint density at radius 3 is 2.60 bits per heavy atom. The van der Waals surface area contributed by atoms with Crippen LogP contribution in [0, 0.1) is 0 Å². The van der Waals surface area contributed by atoms with E-state index in [4.69, 9.17) is 5.14 Å². The van der Waals surface area contributed by atoms with E-state index in [-0.39, 0.29) is 0 Å². The van der Waals surface area contributed by atoms with E-state index < -0.39 is 0 Å². The van der Waals surface area contributed by atoms with Gasteiger partial charge in [-0.05, 0) is 5.56 Å². The molecule has 0 heterocycles. The molecule has 0 saturated carbocycles.